The number of rotatable bonds is 9. The molecule has 0 saturated carbocycles. The van der Waals surface area contributed by atoms with Crippen molar-refractivity contribution >= 4 is 17.0 Å². The number of para-hydroxylation sites is 1. The van der Waals surface area contributed by atoms with Crippen LogP contribution in [0.3, 0.4) is 0 Å². The van der Waals surface area contributed by atoms with Gasteiger partial charge >= 0.3 is 0 Å². The third-order valence-corrected chi connectivity index (χ3v) is 7.95. The minimum atomic E-state index is -0.1000. The zero-order valence-electron chi connectivity index (χ0n) is 22.3. The SMILES string of the molecule is CCN(CC)CCCn1c(-c2ccc(C)c(C)c2)csc1=Nc1c(C)n(C)n(-c2ccccc2)c1=O. The van der Waals surface area contributed by atoms with Crippen molar-refractivity contribution in [2.45, 2.75) is 47.6 Å². The number of nitrogens with zero attached hydrogens (tertiary/aromatic N) is 5. The molecule has 0 saturated heterocycles. The van der Waals surface area contributed by atoms with E-state index in [9.17, 15) is 4.79 Å². The zero-order valence-corrected chi connectivity index (χ0v) is 23.1. The van der Waals surface area contributed by atoms with E-state index in [4.69, 9.17) is 4.99 Å². The predicted octanol–water partition coefficient (Wildman–Crippen LogP) is 5.60. The molecule has 0 aliphatic carbocycles. The van der Waals surface area contributed by atoms with E-state index < -0.39 is 0 Å². The van der Waals surface area contributed by atoms with E-state index in [2.05, 4.69) is 60.7 Å². The van der Waals surface area contributed by atoms with Crippen molar-refractivity contribution in [3.63, 3.8) is 0 Å². The standard InChI is InChI=1S/C29H37N5OS/c1-7-32(8-2)17-12-18-33-26(24-16-15-21(3)22(4)19-24)20-36-29(33)30-27-23(5)31(6)34(28(27)35)25-13-10-9-11-14-25/h9-11,13-16,19-20H,7-8,12,17-18H2,1-6H3. The van der Waals surface area contributed by atoms with E-state index in [0.717, 1.165) is 54.5 Å². The molecule has 4 rings (SSSR count). The molecule has 0 aliphatic heterocycles. The van der Waals surface area contributed by atoms with Gasteiger partial charge in [0.2, 0.25) is 0 Å². The van der Waals surface area contributed by atoms with Gasteiger partial charge in [-0.05, 0) is 81.7 Å². The molecule has 36 heavy (non-hydrogen) atoms. The minimum absolute atomic E-state index is 0.1000. The second-order valence-corrected chi connectivity index (χ2v) is 10.1. The number of hydrogen-bond donors (Lipinski definition) is 0. The summed E-state index contributed by atoms with van der Waals surface area (Å²) in [7, 11) is 1.91. The molecule has 0 amide bonds. The summed E-state index contributed by atoms with van der Waals surface area (Å²) >= 11 is 1.60. The normalized spacial score (nSPS) is 12.1. The van der Waals surface area contributed by atoms with Gasteiger partial charge in [-0.3, -0.25) is 9.48 Å². The molecule has 0 N–H and O–H groups in total. The average molecular weight is 504 g/mol. The van der Waals surface area contributed by atoms with E-state index >= 15 is 0 Å². The maximum absolute atomic E-state index is 13.5. The Bertz CT molecular complexity index is 1450. The fraction of sp³-hybridized carbons (Fsp3) is 0.379. The van der Waals surface area contributed by atoms with Gasteiger partial charge in [0.05, 0.1) is 17.1 Å². The summed E-state index contributed by atoms with van der Waals surface area (Å²) in [6, 6.07) is 16.3. The highest BCUT2D eigenvalue weighted by Crippen LogP contribution is 2.24. The highest BCUT2D eigenvalue weighted by Gasteiger charge is 2.17. The van der Waals surface area contributed by atoms with E-state index in [1.165, 1.54) is 16.7 Å². The van der Waals surface area contributed by atoms with Crippen LogP contribution in [0.15, 0.2) is 63.7 Å². The Balaban J connectivity index is 1.82. The fourth-order valence-electron chi connectivity index (χ4n) is 4.54. The zero-order chi connectivity index (χ0) is 25.8. The van der Waals surface area contributed by atoms with Gasteiger partial charge in [0.25, 0.3) is 5.56 Å². The van der Waals surface area contributed by atoms with Crippen molar-refractivity contribution in [3.8, 4) is 16.9 Å². The Kier molecular flexibility index (Phi) is 8.11. The molecule has 0 atom stereocenters. The second kappa shape index (κ2) is 11.3. The molecule has 2 heterocycles. The first-order valence-corrected chi connectivity index (χ1v) is 13.6. The first-order chi connectivity index (χ1) is 17.3. The molecule has 2 aromatic carbocycles. The minimum Gasteiger partial charge on any atom is -0.316 e. The number of thiazole rings is 1. The molecular weight excluding hydrogens is 466 g/mol. The molecule has 190 valence electrons. The largest absolute Gasteiger partial charge is 0.316 e. The predicted molar refractivity (Wildman–Crippen MR) is 151 cm³/mol. The van der Waals surface area contributed by atoms with Gasteiger partial charge in [-0.1, -0.05) is 44.2 Å². The van der Waals surface area contributed by atoms with Gasteiger partial charge in [0, 0.05) is 19.0 Å². The van der Waals surface area contributed by atoms with Crippen LogP contribution in [0.5, 0.6) is 0 Å². The highest BCUT2D eigenvalue weighted by molar-refractivity contribution is 7.07. The lowest BCUT2D eigenvalue weighted by Gasteiger charge is -2.18. The molecule has 0 aliphatic rings. The van der Waals surface area contributed by atoms with Crippen LogP contribution in [0.1, 0.15) is 37.1 Å². The molecule has 6 nitrogen and oxygen atoms in total. The van der Waals surface area contributed by atoms with Crippen LogP contribution in [-0.4, -0.2) is 38.5 Å². The molecule has 4 aromatic rings. The Morgan fingerprint density at radius 3 is 2.36 bits per heavy atom. The molecule has 7 heteroatoms. The molecule has 0 unspecified atom stereocenters. The number of aromatic nitrogens is 3. The van der Waals surface area contributed by atoms with Crippen molar-refractivity contribution < 1.29 is 0 Å². The third kappa shape index (κ3) is 5.18. The first-order valence-electron chi connectivity index (χ1n) is 12.7. The van der Waals surface area contributed by atoms with Crippen LogP contribution in [0.2, 0.25) is 0 Å². The van der Waals surface area contributed by atoms with Gasteiger partial charge in [-0.15, -0.1) is 11.3 Å². The molecule has 0 spiro atoms. The van der Waals surface area contributed by atoms with E-state index in [-0.39, 0.29) is 5.56 Å². The molecule has 0 fully saturated rings. The quantitative estimate of drug-likeness (QED) is 0.299. The van der Waals surface area contributed by atoms with Crippen LogP contribution in [0.4, 0.5) is 5.69 Å². The Morgan fingerprint density at radius 2 is 1.69 bits per heavy atom. The monoisotopic (exact) mass is 503 g/mol. The lowest BCUT2D eigenvalue weighted by molar-refractivity contribution is 0.293. The van der Waals surface area contributed by atoms with Gasteiger partial charge in [-0.2, -0.15) is 0 Å². The molecule has 0 radical (unpaired) electrons. The van der Waals surface area contributed by atoms with Gasteiger partial charge in [0.1, 0.15) is 0 Å². The maximum Gasteiger partial charge on any atom is 0.297 e. The summed E-state index contributed by atoms with van der Waals surface area (Å²) in [5, 5.41) is 2.17. The molecule has 0 bridgehead atoms. The second-order valence-electron chi connectivity index (χ2n) is 9.26. The van der Waals surface area contributed by atoms with Crippen molar-refractivity contribution in [2.24, 2.45) is 12.0 Å². The van der Waals surface area contributed by atoms with E-state index in [1.54, 1.807) is 16.0 Å². The third-order valence-electron chi connectivity index (χ3n) is 7.08. The summed E-state index contributed by atoms with van der Waals surface area (Å²) in [6.45, 7) is 14.6. The van der Waals surface area contributed by atoms with Gasteiger partial charge < -0.3 is 9.47 Å². The van der Waals surface area contributed by atoms with Gasteiger partial charge in [0.15, 0.2) is 10.5 Å². The van der Waals surface area contributed by atoms with Crippen LogP contribution in [0, 0.1) is 20.8 Å². The lowest BCUT2D eigenvalue weighted by atomic mass is 10.0. The van der Waals surface area contributed by atoms with Gasteiger partial charge in [-0.25, -0.2) is 9.67 Å². The summed E-state index contributed by atoms with van der Waals surface area (Å²) in [5.41, 5.74) is 6.97. The topological polar surface area (TPSA) is 47.5 Å². The van der Waals surface area contributed by atoms with Crippen molar-refractivity contribution in [3.05, 3.63) is 85.9 Å². The van der Waals surface area contributed by atoms with Crippen LogP contribution < -0.4 is 10.4 Å². The highest BCUT2D eigenvalue weighted by atomic mass is 32.1. The van der Waals surface area contributed by atoms with Crippen LogP contribution in [-0.2, 0) is 13.6 Å². The summed E-state index contributed by atoms with van der Waals surface area (Å²) in [6.07, 6.45) is 1.02. The Hall–Kier alpha value is -3.16. The van der Waals surface area contributed by atoms with Crippen LogP contribution >= 0.6 is 11.3 Å². The van der Waals surface area contributed by atoms with Crippen LogP contribution in [0.25, 0.3) is 16.9 Å². The first kappa shape index (κ1) is 25.9. The smallest absolute Gasteiger partial charge is 0.297 e. The maximum atomic E-state index is 13.5. The fourth-order valence-corrected chi connectivity index (χ4v) is 5.48. The van der Waals surface area contributed by atoms with Crippen molar-refractivity contribution in [1.29, 1.82) is 0 Å². The summed E-state index contributed by atoms with van der Waals surface area (Å²) in [5.74, 6) is 0. The number of aryl methyl sites for hydroxylation is 2. The number of hydrogen-bond acceptors (Lipinski definition) is 4. The van der Waals surface area contributed by atoms with Crippen molar-refractivity contribution in [2.75, 3.05) is 19.6 Å². The van der Waals surface area contributed by atoms with E-state index in [1.807, 2.05) is 49.0 Å². The summed E-state index contributed by atoms with van der Waals surface area (Å²) < 4.78 is 5.87. The average Bonchev–Trinajstić information content (AvgIpc) is 3.37. The lowest BCUT2D eigenvalue weighted by Crippen LogP contribution is -2.26. The molecule has 2 aromatic heterocycles. The Morgan fingerprint density at radius 1 is 0.972 bits per heavy atom. The van der Waals surface area contributed by atoms with Crippen molar-refractivity contribution in [1.82, 2.24) is 18.8 Å². The molecular formula is C29H37N5OS. The Labute approximate surface area is 217 Å². The number of benzene rings is 2. The summed E-state index contributed by atoms with van der Waals surface area (Å²) in [4.78, 5) is 21.8. The van der Waals surface area contributed by atoms with E-state index in [0.29, 0.717) is 5.69 Å².